The molecular weight excluding hydrogens is 358 g/mol. The number of thiazole rings is 1. The first-order chi connectivity index (χ1) is 12.4. The van der Waals surface area contributed by atoms with Crippen LogP contribution in [0.2, 0.25) is 0 Å². The number of carboxylic acids is 1. The normalized spacial score (nSPS) is 26.4. The molecule has 0 radical (unpaired) electrons. The minimum atomic E-state index is -1.14. The number of carbonyl (C=O) groups is 2. The van der Waals surface area contributed by atoms with Crippen LogP contribution in [0.3, 0.4) is 0 Å². The highest BCUT2D eigenvalue weighted by Gasteiger charge is 2.60. The fourth-order valence-electron chi connectivity index (χ4n) is 4.27. The van der Waals surface area contributed by atoms with Crippen molar-refractivity contribution in [2.45, 2.75) is 39.1 Å². The quantitative estimate of drug-likeness (QED) is 0.501. The lowest BCUT2D eigenvalue weighted by Crippen LogP contribution is -2.63. The molecule has 0 bridgehead atoms. The van der Waals surface area contributed by atoms with Gasteiger partial charge < -0.3 is 20.2 Å². The van der Waals surface area contributed by atoms with Crippen LogP contribution in [0.15, 0.2) is 29.2 Å². The first-order valence-corrected chi connectivity index (χ1v) is 9.29. The summed E-state index contributed by atoms with van der Waals surface area (Å²) in [6.45, 7) is 3.57. The van der Waals surface area contributed by atoms with E-state index >= 15 is 0 Å². The van der Waals surface area contributed by atoms with Crippen molar-refractivity contribution in [2.75, 3.05) is 0 Å². The van der Waals surface area contributed by atoms with Crippen LogP contribution in [0.1, 0.15) is 19.5 Å². The van der Waals surface area contributed by atoms with Gasteiger partial charge in [0, 0.05) is 16.9 Å². The number of fused-ring (bicyclic) bond motifs is 2. The minimum absolute atomic E-state index is 0.00958. The number of hydrogen-bond acceptors (Lipinski definition) is 5. The standard InChI is InChI=1S/C17H19N3O5S/c1-8-10(5-19-7-18-3-4-26-16(18)11(19)6-21)14(17(24)25)20-13(8)12(9(2)22)15(20)23/h3-4,7-9,12-13,21-22H,5-6H2,1-2H3/p+1/t8-,9+,12+,13+/m0/s1. The third-order valence-electron chi connectivity index (χ3n) is 5.50. The SMILES string of the molecule is C[C@@H](O)[C@H]1C(=O)N2C(C(=O)O)=C(Cn3c[n+]4ccsc4c3CO)[C@H](C)[C@H]12. The Morgan fingerprint density at radius 1 is 1.46 bits per heavy atom. The van der Waals surface area contributed by atoms with Gasteiger partial charge in [-0.2, -0.15) is 4.40 Å². The van der Waals surface area contributed by atoms with Crippen molar-refractivity contribution in [3.8, 4) is 0 Å². The number of amides is 1. The number of imidazole rings is 1. The fraction of sp³-hybridized carbons (Fsp3) is 0.471. The van der Waals surface area contributed by atoms with Gasteiger partial charge in [-0.1, -0.05) is 18.3 Å². The molecule has 4 rings (SSSR count). The van der Waals surface area contributed by atoms with Crippen molar-refractivity contribution in [2.24, 2.45) is 11.8 Å². The second kappa shape index (κ2) is 5.90. The molecule has 2 aliphatic rings. The van der Waals surface area contributed by atoms with Crippen molar-refractivity contribution in [3.05, 3.63) is 34.9 Å². The molecule has 0 unspecified atom stereocenters. The van der Waals surface area contributed by atoms with Gasteiger partial charge >= 0.3 is 5.97 Å². The number of aromatic nitrogens is 2. The number of hydrogen-bond donors (Lipinski definition) is 3. The van der Waals surface area contributed by atoms with Crippen molar-refractivity contribution in [3.63, 3.8) is 0 Å². The van der Waals surface area contributed by atoms with Gasteiger partial charge in [0.05, 0.1) is 18.1 Å². The smallest absolute Gasteiger partial charge is 0.352 e. The Kier molecular flexibility index (Phi) is 3.90. The summed E-state index contributed by atoms with van der Waals surface area (Å²) in [5, 5.41) is 31.3. The van der Waals surface area contributed by atoms with E-state index in [1.807, 2.05) is 33.8 Å². The van der Waals surface area contributed by atoms with Gasteiger partial charge in [-0.25, -0.2) is 9.36 Å². The Hall–Kier alpha value is -2.23. The molecular formula is C17H20N3O5S+. The molecule has 1 amide bonds. The summed E-state index contributed by atoms with van der Waals surface area (Å²) in [7, 11) is 0. The predicted octanol–water partition coefficient (Wildman–Crippen LogP) is -0.0232. The lowest BCUT2D eigenvalue weighted by molar-refractivity contribution is -0.508. The number of carboxylic acid groups (broad SMARTS) is 1. The van der Waals surface area contributed by atoms with Gasteiger partial charge in [0.2, 0.25) is 17.1 Å². The number of aliphatic hydroxyl groups is 2. The zero-order valence-electron chi connectivity index (χ0n) is 14.4. The number of aliphatic hydroxyl groups excluding tert-OH is 2. The Balaban J connectivity index is 1.76. The van der Waals surface area contributed by atoms with E-state index in [9.17, 15) is 24.9 Å². The first-order valence-electron chi connectivity index (χ1n) is 8.41. The number of β-lactam (4-membered cyclic amide) rings is 1. The second-order valence-electron chi connectivity index (χ2n) is 6.90. The van der Waals surface area contributed by atoms with Gasteiger partial charge in [0.15, 0.2) is 5.69 Å². The largest absolute Gasteiger partial charge is 0.477 e. The van der Waals surface area contributed by atoms with Gasteiger partial charge in [0.1, 0.15) is 25.0 Å². The molecule has 2 aromatic heterocycles. The third kappa shape index (κ3) is 2.17. The van der Waals surface area contributed by atoms with Gasteiger partial charge in [-0.3, -0.25) is 4.79 Å². The van der Waals surface area contributed by atoms with Crippen LogP contribution in [0.4, 0.5) is 0 Å². The van der Waals surface area contributed by atoms with Crippen LogP contribution in [0.5, 0.6) is 0 Å². The highest BCUT2D eigenvalue weighted by atomic mass is 32.1. The molecule has 26 heavy (non-hydrogen) atoms. The second-order valence-corrected chi connectivity index (χ2v) is 7.79. The summed E-state index contributed by atoms with van der Waals surface area (Å²) < 4.78 is 3.71. The lowest BCUT2D eigenvalue weighted by Gasteiger charge is -2.46. The molecule has 0 saturated carbocycles. The topological polar surface area (TPSA) is 107 Å². The molecule has 0 aromatic carbocycles. The van der Waals surface area contributed by atoms with E-state index in [0.717, 1.165) is 4.83 Å². The van der Waals surface area contributed by atoms with Crippen molar-refractivity contribution in [1.29, 1.82) is 0 Å². The molecule has 0 spiro atoms. The van der Waals surface area contributed by atoms with E-state index < -0.39 is 18.0 Å². The predicted molar refractivity (Wildman–Crippen MR) is 91.0 cm³/mol. The average Bonchev–Trinajstić information content (AvgIpc) is 3.19. The fourth-order valence-corrected chi connectivity index (χ4v) is 5.14. The number of nitrogens with zero attached hydrogens (tertiary/aromatic N) is 3. The Bertz CT molecular complexity index is 943. The minimum Gasteiger partial charge on any atom is -0.477 e. The number of carbonyl (C=O) groups excluding carboxylic acids is 1. The van der Waals surface area contributed by atoms with Crippen molar-refractivity contribution >= 4 is 28.0 Å². The molecule has 2 aromatic rings. The van der Waals surface area contributed by atoms with E-state index in [1.165, 1.54) is 16.2 Å². The van der Waals surface area contributed by atoms with Crippen molar-refractivity contribution in [1.82, 2.24) is 9.47 Å². The molecule has 138 valence electrons. The van der Waals surface area contributed by atoms with Crippen LogP contribution in [-0.4, -0.2) is 48.8 Å². The zero-order chi connectivity index (χ0) is 18.7. The molecule has 2 aliphatic heterocycles. The van der Waals surface area contributed by atoms with Crippen LogP contribution < -0.4 is 4.40 Å². The van der Waals surface area contributed by atoms with E-state index in [2.05, 4.69) is 0 Å². The van der Waals surface area contributed by atoms with Crippen LogP contribution in [0.25, 0.3) is 4.83 Å². The van der Waals surface area contributed by atoms with Crippen LogP contribution in [0, 0.1) is 11.8 Å². The van der Waals surface area contributed by atoms with Crippen LogP contribution in [-0.2, 0) is 22.7 Å². The molecule has 9 heteroatoms. The maximum Gasteiger partial charge on any atom is 0.352 e. The van der Waals surface area contributed by atoms with Gasteiger partial charge in [0.25, 0.3) is 0 Å². The summed E-state index contributed by atoms with van der Waals surface area (Å²) in [6, 6.07) is -0.328. The maximum atomic E-state index is 12.4. The molecule has 4 atom stereocenters. The maximum absolute atomic E-state index is 12.4. The summed E-state index contributed by atoms with van der Waals surface area (Å²) >= 11 is 1.50. The zero-order valence-corrected chi connectivity index (χ0v) is 15.2. The third-order valence-corrected chi connectivity index (χ3v) is 6.43. The summed E-state index contributed by atoms with van der Waals surface area (Å²) in [5.74, 6) is -2.24. The van der Waals surface area contributed by atoms with E-state index in [-0.39, 0.29) is 36.7 Å². The van der Waals surface area contributed by atoms with Crippen molar-refractivity contribution < 1.29 is 29.3 Å². The molecule has 0 aliphatic carbocycles. The van der Waals surface area contributed by atoms with Crippen LogP contribution >= 0.6 is 11.3 Å². The monoisotopic (exact) mass is 378 g/mol. The summed E-state index contributed by atoms with van der Waals surface area (Å²) in [6.07, 6.45) is 2.88. The first kappa shape index (κ1) is 17.2. The molecule has 8 nitrogen and oxygen atoms in total. The Morgan fingerprint density at radius 3 is 2.81 bits per heavy atom. The highest BCUT2D eigenvalue weighted by molar-refractivity contribution is 7.15. The van der Waals surface area contributed by atoms with Gasteiger partial charge in [-0.15, -0.1) is 0 Å². The average molecular weight is 378 g/mol. The molecule has 4 heterocycles. The Morgan fingerprint density at radius 2 is 2.19 bits per heavy atom. The molecule has 3 N–H and O–H groups in total. The molecule has 1 fully saturated rings. The van der Waals surface area contributed by atoms with Gasteiger partial charge in [-0.05, 0) is 6.92 Å². The number of rotatable bonds is 5. The van der Waals surface area contributed by atoms with E-state index in [4.69, 9.17) is 0 Å². The lowest BCUT2D eigenvalue weighted by atomic mass is 9.78. The molecule has 1 saturated heterocycles. The Labute approximate surface area is 153 Å². The number of aliphatic carboxylic acids is 1. The summed E-state index contributed by atoms with van der Waals surface area (Å²) in [5.41, 5.74) is 1.35. The van der Waals surface area contributed by atoms with E-state index in [0.29, 0.717) is 11.3 Å². The highest BCUT2D eigenvalue weighted by Crippen LogP contribution is 2.47. The van der Waals surface area contributed by atoms with E-state index in [1.54, 1.807) is 6.92 Å². The summed E-state index contributed by atoms with van der Waals surface area (Å²) in [4.78, 5) is 26.5.